The Morgan fingerprint density at radius 1 is 1.50 bits per heavy atom. The molecule has 5 nitrogen and oxygen atoms in total. The van der Waals surface area contributed by atoms with E-state index in [0.29, 0.717) is 12.4 Å². The number of ether oxygens (including phenoxy) is 1. The lowest BCUT2D eigenvalue weighted by molar-refractivity contribution is 0.237. The van der Waals surface area contributed by atoms with Gasteiger partial charge in [0.15, 0.2) is 0 Å². The SMILES string of the molecule is COc1cc(CNC(=O)N[C@@H](C)c2cccs2)ccn1. The van der Waals surface area contributed by atoms with Gasteiger partial charge in [-0.05, 0) is 30.0 Å². The molecule has 20 heavy (non-hydrogen) atoms. The predicted octanol–water partition coefficient (Wildman–Crippen LogP) is 2.71. The number of urea groups is 1. The van der Waals surface area contributed by atoms with Crippen LogP contribution in [0.2, 0.25) is 0 Å². The van der Waals surface area contributed by atoms with E-state index in [1.54, 1.807) is 30.7 Å². The molecule has 0 fully saturated rings. The molecule has 0 radical (unpaired) electrons. The van der Waals surface area contributed by atoms with Crippen LogP contribution in [0, 0.1) is 0 Å². The minimum atomic E-state index is -0.193. The van der Waals surface area contributed by atoms with Crippen LogP contribution >= 0.6 is 11.3 Å². The van der Waals surface area contributed by atoms with Crippen LogP contribution in [0.1, 0.15) is 23.4 Å². The van der Waals surface area contributed by atoms with Gasteiger partial charge in [0.05, 0.1) is 13.2 Å². The van der Waals surface area contributed by atoms with E-state index in [1.807, 2.05) is 30.5 Å². The van der Waals surface area contributed by atoms with Gasteiger partial charge in [-0.3, -0.25) is 0 Å². The summed E-state index contributed by atoms with van der Waals surface area (Å²) in [5.41, 5.74) is 0.941. The van der Waals surface area contributed by atoms with Crippen LogP contribution in [0.15, 0.2) is 35.8 Å². The van der Waals surface area contributed by atoms with Gasteiger partial charge in [0.2, 0.25) is 5.88 Å². The van der Waals surface area contributed by atoms with Crippen molar-refractivity contribution >= 4 is 17.4 Å². The number of hydrogen-bond acceptors (Lipinski definition) is 4. The highest BCUT2D eigenvalue weighted by atomic mass is 32.1. The summed E-state index contributed by atoms with van der Waals surface area (Å²) in [4.78, 5) is 17.0. The lowest BCUT2D eigenvalue weighted by atomic mass is 10.2. The van der Waals surface area contributed by atoms with Gasteiger partial charge in [-0.15, -0.1) is 11.3 Å². The zero-order valence-corrected chi connectivity index (χ0v) is 12.2. The number of hydrogen-bond donors (Lipinski definition) is 2. The molecule has 0 aromatic carbocycles. The molecule has 2 amide bonds. The van der Waals surface area contributed by atoms with Crippen molar-refractivity contribution < 1.29 is 9.53 Å². The Labute approximate surface area is 122 Å². The van der Waals surface area contributed by atoms with Crippen molar-refractivity contribution in [1.29, 1.82) is 0 Å². The zero-order chi connectivity index (χ0) is 14.4. The Hall–Kier alpha value is -2.08. The minimum absolute atomic E-state index is 0.00183. The van der Waals surface area contributed by atoms with Gasteiger partial charge in [0.1, 0.15) is 0 Å². The van der Waals surface area contributed by atoms with Crippen molar-refractivity contribution in [1.82, 2.24) is 15.6 Å². The Morgan fingerprint density at radius 3 is 3.05 bits per heavy atom. The lowest BCUT2D eigenvalue weighted by Gasteiger charge is -2.13. The summed E-state index contributed by atoms with van der Waals surface area (Å²) in [7, 11) is 1.56. The topological polar surface area (TPSA) is 63.2 Å². The van der Waals surface area contributed by atoms with Gasteiger partial charge in [0, 0.05) is 23.7 Å². The van der Waals surface area contributed by atoms with Gasteiger partial charge < -0.3 is 15.4 Å². The summed E-state index contributed by atoms with van der Waals surface area (Å²) < 4.78 is 5.04. The first-order valence-electron chi connectivity index (χ1n) is 6.25. The Balaban J connectivity index is 1.83. The van der Waals surface area contributed by atoms with Gasteiger partial charge in [-0.1, -0.05) is 6.07 Å². The molecule has 2 rings (SSSR count). The van der Waals surface area contributed by atoms with Crippen LogP contribution in [0.25, 0.3) is 0 Å². The monoisotopic (exact) mass is 291 g/mol. The summed E-state index contributed by atoms with van der Waals surface area (Å²) in [6, 6.07) is 7.42. The third kappa shape index (κ3) is 3.96. The van der Waals surface area contributed by atoms with E-state index >= 15 is 0 Å². The fourth-order valence-corrected chi connectivity index (χ4v) is 2.45. The van der Waals surface area contributed by atoms with Crippen LogP contribution in [0.3, 0.4) is 0 Å². The smallest absolute Gasteiger partial charge is 0.315 e. The molecule has 2 aromatic heterocycles. The van der Waals surface area contributed by atoms with Crippen LogP contribution in [0.4, 0.5) is 4.79 Å². The summed E-state index contributed by atoms with van der Waals surface area (Å²) in [5.74, 6) is 0.539. The molecule has 1 atom stereocenters. The number of methoxy groups -OCH3 is 1. The molecule has 0 bridgehead atoms. The van der Waals surface area contributed by atoms with Crippen molar-refractivity contribution in [3.8, 4) is 5.88 Å². The first-order chi connectivity index (χ1) is 9.69. The van der Waals surface area contributed by atoms with Crippen molar-refractivity contribution in [3.05, 3.63) is 46.3 Å². The third-order valence-corrected chi connectivity index (χ3v) is 3.83. The third-order valence-electron chi connectivity index (χ3n) is 2.78. The number of amides is 2. The number of nitrogens with zero attached hydrogens (tertiary/aromatic N) is 1. The van der Waals surface area contributed by atoms with E-state index in [-0.39, 0.29) is 12.1 Å². The Kier molecular flexibility index (Phi) is 4.95. The second-order valence-corrected chi connectivity index (χ2v) is 5.25. The molecule has 2 N–H and O–H groups in total. The molecule has 0 saturated heterocycles. The Morgan fingerprint density at radius 2 is 2.35 bits per heavy atom. The van der Waals surface area contributed by atoms with Crippen LogP contribution < -0.4 is 15.4 Å². The highest BCUT2D eigenvalue weighted by Crippen LogP contribution is 2.17. The van der Waals surface area contributed by atoms with Crippen LogP contribution in [-0.2, 0) is 6.54 Å². The number of thiophene rings is 1. The zero-order valence-electron chi connectivity index (χ0n) is 11.4. The van der Waals surface area contributed by atoms with Crippen LogP contribution in [0.5, 0.6) is 5.88 Å². The maximum absolute atomic E-state index is 11.8. The van der Waals surface area contributed by atoms with Crippen molar-refractivity contribution in [2.75, 3.05) is 7.11 Å². The van der Waals surface area contributed by atoms with E-state index in [9.17, 15) is 4.79 Å². The van der Waals surface area contributed by atoms with E-state index in [2.05, 4.69) is 15.6 Å². The average Bonchev–Trinajstić information content (AvgIpc) is 2.99. The first-order valence-corrected chi connectivity index (χ1v) is 7.13. The molecule has 6 heteroatoms. The fraction of sp³-hybridized carbons (Fsp3) is 0.286. The quantitative estimate of drug-likeness (QED) is 0.890. The lowest BCUT2D eigenvalue weighted by Crippen LogP contribution is -2.36. The Bertz CT molecular complexity index is 557. The highest BCUT2D eigenvalue weighted by molar-refractivity contribution is 7.10. The summed E-state index contributed by atoms with van der Waals surface area (Å²) in [5, 5.41) is 7.70. The maximum atomic E-state index is 11.8. The maximum Gasteiger partial charge on any atom is 0.315 e. The molecule has 0 spiro atoms. The number of carbonyl (C=O) groups excluding carboxylic acids is 1. The van der Waals surface area contributed by atoms with Crippen LogP contribution in [-0.4, -0.2) is 18.1 Å². The molecular formula is C14H17N3O2S. The van der Waals surface area contributed by atoms with Gasteiger partial charge >= 0.3 is 6.03 Å². The molecular weight excluding hydrogens is 274 g/mol. The predicted molar refractivity (Wildman–Crippen MR) is 78.9 cm³/mol. The number of carbonyl (C=O) groups is 1. The minimum Gasteiger partial charge on any atom is -0.481 e. The molecule has 0 unspecified atom stereocenters. The van der Waals surface area contributed by atoms with Crippen molar-refractivity contribution in [3.63, 3.8) is 0 Å². The summed E-state index contributed by atoms with van der Waals surface area (Å²) in [6.45, 7) is 2.39. The highest BCUT2D eigenvalue weighted by Gasteiger charge is 2.09. The van der Waals surface area contributed by atoms with Gasteiger partial charge in [-0.2, -0.15) is 0 Å². The molecule has 0 aliphatic carbocycles. The number of pyridine rings is 1. The molecule has 0 saturated carbocycles. The summed E-state index contributed by atoms with van der Waals surface area (Å²) in [6.07, 6.45) is 1.65. The second kappa shape index (κ2) is 6.91. The largest absolute Gasteiger partial charge is 0.481 e. The molecule has 106 valence electrons. The second-order valence-electron chi connectivity index (χ2n) is 4.27. The van der Waals surface area contributed by atoms with E-state index in [1.165, 1.54) is 0 Å². The van der Waals surface area contributed by atoms with Gasteiger partial charge in [0.25, 0.3) is 0 Å². The number of rotatable bonds is 5. The van der Waals surface area contributed by atoms with E-state index in [0.717, 1.165) is 10.4 Å². The van der Waals surface area contributed by atoms with E-state index < -0.39 is 0 Å². The average molecular weight is 291 g/mol. The molecule has 2 aromatic rings. The molecule has 0 aliphatic rings. The number of aromatic nitrogens is 1. The fourth-order valence-electron chi connectivity index (χ4n) is 1.71. The molecule has 0 aliphatic heterocycles. The first kappa shape index (κ1) is 14.3. The van der Waals surface area contributed by atoms with Crippen molar-refractivity contribution in [2.45, 2.75) is 19.5 Å². The summed E-state index contributed by atoms with van der Waals surface area (Å²) >= 11 is 1.63. The van der Waals surface area contributed by atoms with Crippen molar-refractivity contribution in [2.24, 2.45) is 0 Å². The molecule has 2 heterocycles. The van der Waals surface area contributed by atoms with Gasteiger partial charge in [-0.25, -0.2) is 9.78 Å². The standard InChI is InChI=1S/C14H17N3O2S/c1-10(12-4-3-7-20-12)17-14(18)16-9-11-5-6-15-13(8-11)19-2/h3-8,10H,9H2,1-2H3,(H2,16,17,18)/t10-/m0/s1. The normalized spacial score (nSPS) is 11.7. The van der Waals surface area contributed by atoms with E-state index in [4.69, 9.17) is 4.74 Å². The number of nitrogens with one attached hydrogen (secondary N) is 2.